The Kier molecular flexibility index (Phi) is 11.5. The van der Waals surface area contributed by atoms with Crippen LogP contribution in [0.4, 0.5) is 0 Å². The summed E-state index contributed by atoms with van der Waals surface area (Å²) in [6, 6.07) is 30.8. The maximum atomic E-state index is 13.4. The van der Waals surface area contributed by atoms with Crippen LogP contribution < -0.4 is 20.7 Å². The van der Waals surface area contributed by atoms with Crippen LogP contribution in [0.1, 0.15) is 75.2 Å². The first-order valence-corrected chi connectivity index (χ1v) is 20.0. The van der Waals surface area contributed by atoms with E-state index in [0.29, 0.717) is 24.3 Å². The van der Waals surface area contributed by atoms with Crippen LogP contribution in [0.5, 0.6) is 11.5 Å². The number of fused-ring (bicyclic) bond motifs is 1. The average Bonchev–Trinajstić information content (AvgIpc) is 3.49. The fraction of sp³-hybridized carbons (Fsp3) is 0.356. The summed E-state index contributed by atoms with van der Waals surface area (Å²) in [4.78, 5) is 44.2. The predicted octanol–water partition coefficient (Wildman–Crippen LogP) is 4.21. The molecular formula is C45H50N6O6. The summed E-state index contributed by atoms with van der Waals surface area (Å²) in [5, 5.41) is 30.1. The molecule has 57 heavy (non-hydrogen) atoms. The number of aromatic hydroxyl groups is 1. The molecule has 0 spiro atoms. The maximum Gasteiger partial charge on any atom is 0.261 e. The highest BCUT2D eigenvalue weighted by atomic mass is 16.5. The van der Waals surface area contributed by atoms with Gasteiger partial charge in [-0.25, -0.2) is 0 Å². The number of nitrogens with one attached hydrogen (secondary N) is 3. The number of aliphatic hydroxyl groups excluding tert-OH is 1. The second kappa shape index (κ2) is 17.0. The number of carbonyl (C=O) groups is 3. The lowest BCUT2D eigenvalue weighted by atomic mass is 9.88. The van der Waals surface area contributed by atoms with Crippen molar-refractivity contribution in [1.29, 1.82) is 0 Å². The van der Waals surface area contributed by atoms with Crippen molar-refractivity contribution in [3.05, 3.63) is 130 Å². The number of phenolic OH excluding ortho intramolecular Hbond substituents is 1. The van der Waals surface area contributed by atoms with Gasteiger partial charge < -0.3 is 25.6 Å². The van der Waals surface area contributed by atoms with Crippen LogP contribution in [0, 0.1) is 0 Å². The first kappa shape index (κ1) is 38.5. The first-order chi connectivity index (χ1) is 27.8. The van der Waals surface area contributed by atoms with Crippen molar-refractivity contribution in [2.75, 3.05) is 52.4 Å². The summed E-state index contributed by atoms with van der Waals surface area (Å²) < 4.78 is 6.22. The standard InChI is InChI=1S/C45H50N6O6/c1-2-35(29-6-4-3-5-7-29)42(30-8-13-33(52)14-9-30)31-10-15-34(16-11-31)57-25-24-49-20-22-50(23-21-49)40-28-46-38(27-47-40)32-12-17-36-37(26-32)45(56)51(44(36)55)39-18-19-41(53)48-43(39)54/h3-17,26,38-40,43,46-47,52,54H,2,18-25,27-28H2,1H3,(H,48,53)/b42-35-. The van der Waals surface area contributed by atoms with E-state index in [4.69, 9.17) is 4.74 Å². The number of phenols is 1. The molecule has 0 saturated carbocycles. The van der Waals surface area contributed by atoms with Crippen molar-refractivity contribution >= 4 is 28.9 Å². The third-order valence-electron chi connectivity index (χ3n) is 11.7. The van der Waals surface area contributed by atoms with E-state index < -0.39 is 24.1 Å². The molecule has 3 amide bonds. The summed E-state index contributed by atoms with van der Waals surface area (Å²) in [5.74, 6) is -0.0785. The van der Waals surface area contributed by atoms with Crippen molar-refractivity contribution in [3.63, 3.8) is 0 Å². The molecule has 4 atom stereocenters. The topological polar surface area (TPSA) is 147 Å². The number of rotatable bonds is 11. The minimum atomic E-state index is -1.27. The number of benzene rings is 4. The smallest absolute Gasteiger partial charge is 0.261 e. The Morgan fingerprint density at radius 3 is 2.16 bits per heavy atom. The van der Waals surface area contributed by atoms with E-state index in [1.54, 1.807) is 24.3 Å². The zero-order chi connectivity index (χ0) is 39.5. The molecule has 4 aromatic rings. The van der Waals surface area contributed by atoms with Crippen LogP contribution in [0.25, 0.3) is 11.1 Å². The van der Waals surface area contributed by atoms with Gasteiger partial charge in [0.2, 0.25) is 5.91 Å². The van der Waals surface area contributed by atoms with Crippen LogP contribution in [0.15, 0.2) is 97.1 Å². The van der Waals surface area contributed by atoms with Gasteiger partial charge in [-0.3, -0.25) is 34.4 Å². The van der Waals surface area contributed by atoms with Crippen molar-refractivity contribution < 1.29 is 29.3 Å². The third-order valence-corrected chi connectivity index (χ3v) is 11.7. The van der Waals surface area contributed by atoms with Gasteiger partial charge in [0.1, 0.15) is 24.3 Å². The fourth-order valence-corrected chi connectivity index (χ4v) is 8.60. The molecule has 4 heterocycles. The van der Waals surface area contributed by atoms with Gasteiger partial charge in [-0.15, -0.1) is 0 Å². The summed E-state index contributed by atoms with van der Waals surface area (Å²) in [6.45, 7) is 8.79. The maximum absolute atomic E-state index is 13.4. The zero-order valence-corrected chi connectivity index (χ0v) is 32.2. The van der Waals surface area contributed by atoms with Gasteiger partial charge >= 0.3 is 0 Å². The molecule has 5 N–H and O–H groups in total. The van der Waals surface area contributed by atoms with E-state index in [1.165, 1.54) is 11.1 Å². The summed E-state index contributed by atoms with van der Waals surface area (Å²) >= 11 is 0. The number of hydrogen-bond acceptors (Lipinski definition) is 10. The van der Waals surface area contributed by atoms with Gasteiger partial charge in [-0.2, -0.15) is 0 Å². The van der Waals surface area contributed by atoms with E-state index >= 15 is 0 Å². The number of allylic oxidation sites excluding steroid dienone is 1. The lowest BCUT2D eigenvalue weighted by Gasteiger charge is -2.42. The number of piperidine rings is 1. The molecule has 0 aromatic heterocycles. The number of nitrogens with zero attached hydrogens (tertiary/aromatic N) is 3. The first-order valence-electron chi connectivity index (χ1n) is 20.0. The van der Waals surface area contributed by atoms with Crippen molar-refractivity contribution in [2.45, 2.75) is 50.7 Å². The highest BCUT2D eigenvalue weighted by Crippen LogP contribution is 2.36. The molecule has 296 valence electrons. The predicted molar refractivity (Wildman–Crippen MR) is 217 cm³/mol. The average molecular weight is 771 g/mol. The number of aliphatic hydroxyl groups is 1. The Labute approximate surface area is 333 Å². The number of piperazine rings is 2. The number of imide groups is 1. The molecule has 0 aliphatic carbocycles. The van der Waals surface area contributed by atoms with E-state index in [9.17, 15) is 24.6 Å². The van der Waals surface area contributed by atoms with E-state index in [2.05, 4.69) is 69.1 Å². The zero-order valence-electron chi connectivity index (χ0n) is 32.2. The van der Waals surface area contributed by atoms with Gasteiger partial charge in [0.15, 0.2) is 0 Å². The van der Waals surface area contributed by atoms with Crippen molar-refractivity contribution in [2.24, 2.45) is 0 Å². The lowest BCUT2D eigenvalue weighted by Crippen LogP contribution is -2.62. The third kappa shape index (κ3) is 8.23. The SMILES string of the molecule is CC/C(=C(\c1ccc(O)cc1)c1ccc(OCCN2CCN(C3CNC(c4ccc5c(c4)C(=O)N(C4CCC(=O)NC4O)C5=O)CN3)CC2)cc1)c1ccccc1. The molecule has 12 nitrogen and oxygen atoms in total. The molecule has 3 fully saturated rings. The number of amides is 3. The van der Waals surface area contributed by atoms with Crippen LogP contribution in [0.2, 0.25) is 0 Å². The normalized spacial score (nSPS) is 23.5. The molecule has 3 saturated heterocycles. The van der Waals surface area contributed by atoms with Gasteiger partial charge in [0, 0.05) is 58.3 Å². The minimum Gasteiger partial charge on any atom is -0.508 e. The summed E-state index contributed by atoms with van der Waals surface area (Å²) in [5.41, 5.74) is 7.31. The number of carbonyl (C=O) groups excluding carboxylic acids is 3. The van der Waals surface area contributed by atoms with Crippen molar-refractivity contribution in [3.8, 4) is 11.5 Å². The quantitative estimate of drug-likeness (QED) is 0.111. The molecule has 12 heteroatoms. The van der Waals surface area contributed by atoms with Crippen LogP contribution >= 0.6 is 0 Å². The van der Waals surface area contributed by atoms with Gasteiger partial charge in [0.05, 0.1) is 23.3 Å². The highest BCUT2D eigenvalue weighted by molar-refractivity contribution is 6.21. The molecular weight excluding hydrogens is 721 g/mol. The Hall–Kier alpha value is -5.37. The highest BCUT2D eigenvalue weighted by Gasteiger charge is 2.44. The number of ether oxygens (including phenoxy) is 1. The van der Waals surface area contributed by atoms with Gasteiger partial charge in [0.25, 0.3) is 11.8 Å². The Balaban J connectivity index is 0.808. The Morgan fingerprint density at radius 2 is 1.49 bits per heavy atom. The van der Waals surface area contributed by atoms with Crippen molar-refractivity contribution in [1.82, 2.24) is 30.7 Å². The summed E-state index contributed by atoms with van der Waals surface area (Å²) in [6.07, 6.45) is 0.156. The molecule has 4 aliphatic rings. The molecule has 4 aromatic carbocycles. The molecule has 0 radical (unpaired) electrons. The second-order valence-electron chi connectivity index (χ2n) is 15.2. The molecule has 8 rings (SSSR count). The molecule has 4 unspecified atom stereocenters. The van der Waals surface area contributed by atoms with E-state index in [0.717, 1.165) is 78.6 Å². The van der Waals surface area contributed by atoms with Crippen LogP contribution in [-0.2, 0) is 4.79 Å². The van der Waals surface area contributed by atoms with Crippen LogP contribution in [-0.4, -0.2) is 113 Å². The van der Waals surface area contributed by atoms with E-state index in [-0.39, 0.29) is 36.7 Å². The molecule has 4 aliphatic heterocycles. The van der Waals surface area contributed by atoms with E-state index in [1.807, 2.05) is 36.4 Å². The van der Waals surface area contributed by atoms with Crippen LogP contribution in [0.3, 0.4) is 0 Å². The minimum absolute atomic E-state index is 0.0245. The molecule has 0 bridgehead atoms. The fourth-order valence-electron chi connectivity index (χ4n) is 8.60. The van der Waals surface area contributed by atoms with Gasteiger partial charge in [-0.05, 0) is 82.6 Å². The Bertz CT molecular complexity index is 2110. The summed E-state index contributed by atoms with van der Waals surface area (Å²) in [7, 11) is 0. The number of hydrogen-bond donors (Lipinski definition) is 5. The monoisotopic (exact) mass is 770 g/mol. The largest absolute Gasteiger partial charge is 0.508 e. The van der Waals surface area contributed by atoms with Gasteiger partial charge in [-0.1, -0.05) is 67.6 Å². The second-order valence-corrected chi connectivity index (χ2v) is 15.2. The lowest BCUT2D eigenvalue weighted by molar-refractivity contribution is -0.129. The Morgan fingerprint density at radius 1 is 0.789 bits per heavy atom.